The lowest BCUT2D eigenvalue weighted by Crippen LogP contribution is -2.60. The summed E-state index contributed by atoms with van der Waals surface area (Å²) >= 11 is 0. The SMILES string of the molecule is COCC1(S(=O)(=O)N2CCN(C(=O)C3CCCO3)CC2)CCC1. The van der Waals surface area contributed by atoms with Gasteiger partial charge in [-0.3, -0.25) is 4.79 Å². The first-order chi connectivity index (χ1) is 11.0. The lowest BCUT2D eigenvalue weighted by molar-refractivity contribution is -0.142. The zero-order valence-electron chi connectivity index (χ0n) is 13.7. The standard InChI is InChI=1S/C15H26N2O5S/c1-21-12-15(5-3-6-15)23(19,20)17-9-7-16(8-10-17)14(18)13-4-2-11-22-13/h13H,2-12H2,1H3. The molecule has 0 bridgehead atoms. The minimum absolute atomic E-state index is 0.00907. The molecule has 1 amide bonds. The van der Waals surface area contributed by atoms with Gasteiger partial charge in [-0.25, -0.2) is 8.42 Å². The van der Waals surface area contributed by atoms with Gasteiger partial charge in [0.1, 0.15) is 10.9 Å². The Labute approximate surface area is 138 Å². The Balaban J connectivity index is 1.61. The molecule has 2 aliphatic heterocycles. The first-order valence-corrected chi connectivity index (χ1v) is 9.83. The van der Waals surface area contributed by atoms with Gasteiger partial charge in [-0.15, -0.1) is 0 Å². The summed E-state index contributed by atoms with van der Waals surface area (Å²) in [6, 6.07) is 0. The zero-order valence-corrected chi connectivity index (χ0v) is 14.5. The van der Waals surface area contributed by atoms with Crippen LogP contribution in [-0.2, 0) is 24.3 Å². The highest BCUT2D eigenvalue weighted by atomic mass is 32.2. The summed E-state index contributed by atoms with van der Waals surface area (Å²) < 4.78 is 37.3. The average molecular weight is 346 g/mol. The molecule has 0 N–H and O–H groups in total. The van der Waals surface area contributed by atoms with E-state index in [-0.39, 0.29) is 18.6 Å². The third kappa shape index (κ3) is 3.01. The second-order valence-electron chi connectivity index (χ2n) is 6.70. The molecule has 1 saturated carbocycles. The van der Waals surface area contributed by atoms with Gasteiger partial charge in [-0.1, -0.05) is 6.42 Å². The molecule has 1 atom stereocenters. The number of sulfonamides is 1. The summed E-state index contributed by atoms with van der Waals surface area (Å²) in [5, 5.41) is 0. The van der Waals surface area contributed by atoms with Gasteiger partial charge < -0.3 is 14.4 Å². The molecule has 23 heavy (non-hydrogen) atoms. The van der Waals surface area contributed by atoms with E-state index >= 15 is 0 Å². The summed E-state index contributed by atoms with van der Waals surface area (Å²) in [5.74, 6) is 0.00907. The molecule has 3 fully saturated rings. The topological polar surface area (TPSA) is 76.2 Å². The zero-order chi connectivity index (χ0) is 16.5. The minimum atomic E-state index is -3.38. The predicted octanol–water partition coefficient (Wildman–Crippen LogP) is 0.209. The van der Waals surface area contributed by atoms with Crippen LogP contribution >= 0.6 is 0 Å². The number of piperazine rings is 1. The van der Waals surface area contributed by atoms with Crippen LogP contribution < -0.4 is 0 Å². The van der Waals surface area contributed by atoms with Crippen LogP contribution in [0, 0.1) is 0 Å². The van der Waals surface area contributed by atoms with Crippen LogP contribution in [0.15, 0.2) is 0 Å². The van der Waals surface area contributed by atoms with Crippen molar-refractivity contribution in [1.82, 2.24) is 9.21 Å². The molecule has 2 heterocycles. The van der Waals surface area contributed by atoms with Crippen LogP contribution in [0.2, 0.25) is 0 Å². The van der Waals surface area contributed by atoms with E-state index in [1.165, 1.54) is 0 Å². The van der Waals surface area contributed by atoms with E-state index in [2.05, 4.69) is 0 Å². The maximum absolute atomic E-state index is 12.9. The average Bonchev–Trinajstić information content (AvgIpc) is 3.04. The number of carbonyl (C=O) groups excluding carboxylic acids is 1. The lowest BCUT2D eigenvalue weighted by Gasteiger charge is -2.45. The summed E-state index contributed by atoms with van der Waals surface area (Å²) in [7, 11) is -1.83. The number of carbonyl (C=O) groups is 1. The third-order valence-electron chi connectivity index (χ3n) is 5.31. The third-order valence-corrected chi connectivity index (χ3v) is 7.98. The van der Waals surface area contributed by atoms with E-state index in [1.807, 2.05) is 0 Å². The molecule has 0 radical (unpaired) electrons. The first-order valence-electron chi connectivity index (χ1n) is 8.39. The van der Waals surface area contributed by atoms with Crippen LogP contribution in [0.25, 0.3) is 0 Å². The number of rotatable bonds is 5. The van der Waals surface area contributed by atoms with Crippen molar-refractivity contribution in [1.29, 1.82) is 0 Å². The van der Waals surface area contributed by atoms with E-state index in [0.717, 1.165) is 19.3 Å². The normalized spacial score (nSPS) is 28.6. The molecular weight excluding hydrogens is 320 g/mol. The number of ether oxygens (including phenoxy) is 2. The molecule has 3 rings (SSSR count). The van der Waals surface area contributed by atoms with Gasteiger partial charge in [0.2, 0.25) is 10.0 Å². The highest BCUT2D eigenvalue weighted by Gasteiger charge is 2.52. The Kier molecular flexibility index (Phi) is 4.96. The van der Waals surface area contributed by atoms with Gasteiger partial charge in [0, 0.05) is 39.9 Å². The van der Waals surface area contributed by atoms with E-state index < -0.39 is 14.8 Å². The number of hydrogen-bond donors (Lipinski definition) is 0. The second kappa shape index (κ2) is 6.66. The van der Waals surface area contributed by atoms with Gasteiger partial charge >= 0.3 is 0 Å². The van der Waals surface area contributed by atoms with Crippen molar-refractivity contribution in [3.63, 3.8) is 0 Å². The maximum atomic E-state index is 12.9. The predicted molar refractivity (Wildman–Crippen MR) is 84.5 cm³/mol. The van der Waals surface area contributed by atoms with Crippen molar-refractivity contribution in [3.8, 4) is 0 Å². The lowest BCUT2D eigenvalue weighted by atomic mass is 9.85. The Morgan fingerprint density at radius 1 is 1.22 bits per heavy atom. The molecule has 0 aromatic carbocycles. The van der Waals surface area contributed by atoms with Crippen LogP contribution in [0.5, 0.6) is 0 Å². The molecule has 2 saturated heterocycles. The van der Waals surface area contributed by atoms with Crippen molar-refractivity contribution in [2.24, 2.45) is 0 Å². The van der Waals surface area contributed by atoms with E-state index in [1.54, 1.807) is 16.3 Å². The molecule has 1 unspecified atom stereocenters. The Bertz CT molecular complexity index is 532. The fourth-order valence-corrected chi connectivity index (χ4v) is 5.97. The maximum Gasteiger partial charge on any atom is 0.251 e. The fourth-order valence-electron chi connectivity index (χ4n) is 3.71. The smallest absolute Gasteiger partial charge is 0.251 e. The van der Waals surface area contributed by atoms with Crippen molar-refractivity contribution in [2.75, 3.05) is 46.5 Å². The van der Waals surface area contributed by atoms with Crippen molar-refractivity contribution < 1.29 is 22.7 Å². The molecule has 1 aliphatic carbocycles. The van der Waals surface area contributed by atoms with Crippen molar-refractivity contribution in [3.05, 3.63) is 0 Å². The summed E-state index contributed by atoms with van der Waals surface area (Å²) in [6.45, 7) is 2.52. The number of amides is 1. The summed E-state index contributed by atoms with van der Waals surface area (Å²) in [5.41, 5.74) is 0. The monoisotopic (exact) mass is 346 g/mol. The molecular formula is C15H26N2O5S. The highest BCUT2D eigenvalue weighted by Crippen LogP contribution is 2.41. The number of hydrogen-bond acceptors (Lipinski definition) is 5. The largest absolute Gasteiger partial charge is 0.383 e. The van der Waals surface area contributed by atoms with Gasteiger partial charge in [-0.05, 0) is 25.7 Å². The molecule has 8 heteroatoms. The van der Waals surface area contributed by atoms with Crippen LogP contribution in [0.1, 0.15) is 32.1 Å². The summed E-state index contributed by atoms with van der Waals surface area (Å²) in [6.07, 6.45) is 3.62. The highest BCUT2D eigenvalue weighted by molar-refractivity contribution is 7.90. The van der Waals surface area contributed by atoms with Gasteiger partial charge in [0.15, 0.2) is 0 Å². The van der Waals surface area contributed by atoms with Crippen LogP contribution in [0.3, 0.4) is 0 Å². The summed E-state index contributed by atoms with van der Waals surface area (Å²) in [4.78, 5) is 14.1. The van der Waals surface area contributed by atoms with Gasteiger partial charge in [-0.2, -0.15) is 4.31 Å². The number of methoxy groups -OCH3 is 1. The quantitative estimate of drug-likeness (QED) is 0.711. The number of nitrogens with zero attached hydrogens (tertiary/aromatic N) is 2. The van der Waals surface area contributed by atoms with Crippen molar-refractivity contribution in [2.45, 2.75) is 43.0 Å². The van der Waals surface area contributed by atoms with Crippen LogP contribution in [-0.4, -0.2) is 80.9 Å². The van der Waals surface area contributed by atoms with Gasteiger partial charge in [0.25, 0.3) is 5.91 Å². The van der Waals surface area contributed by atoms with Gasteiger partial charge in [0.05, 0.1) is 6.61 Å². The minimum Gasteiger partial charge on any atom is -0.383 e. The molecule has 132 valence electrons. The van der Waals surface area contributed by atoms with E-state index in [0.29, 0.717) is 45.6 Å². The van der Waals surface area contributed by atoms with E-state index in [9.17, 15) is 13.2 Å². The van der Waals surface area contributed by atoms with E-state index in [4.69, 9.17) is 9.47 Å². The molecule has 7 nitrogen and oxygen atoms in total. The molecule has 0 aromatic rings. The molecule has 0 spiro atoms. The Morgan fingerprint density at radius 3 is 2.39 bits per heavy atom. The molecule has 0 aromatic heterocycles. The molecule has 3 aliphatic rings. The Hall–Kier alpha value is -0.700. The Morgan fingerprint density at radius 2 is 1.91 bits per heavy atom. The first kappa shape index (κ1) is 17.1. The second-order valence-corrected chi connectivity index (χ2v) is 9.03. The van der Waals surface area contributed by atoms with Crippen molar-refractivity contribution >= 4 is 15.9 Å². The van der Waals surface area contributed by atoms with Crippen LogP contribution in [0.4, 0.5) is 0 Å². The fraction of sp³-hybridized carbons (Fsp3) is 0.933.